The van der Waals surface area contributed by atoms with E-state index < -0.39 is 5.97 Å². The van der Waals surface area contributed by atoms with Crippen LogP contribution < -0.4 is 19.5 Å². The van der Waals surface area contributed by atoms with Crippen LogP contribution in [-0.4, -0.2) is 25.6 Å². The van der Waals surface area contributed by atoms with Gasteiger partial charge in [-0.2, -0.15) is 0 Å². The molecule has 0 aliphatic heterocycles. The van der Waals surface area contributed by atoms with Crippen molar-refractivity contribution in [1.82, 2.24) is 0 Å². The molecule has 3 rings (SSSR count). The van der Waals surface area contributed by atoms with Crippen LogP contribution in [0.4, 0.5) is 5.69 Å². The Morgan fingerprint density at radius 2 is 1.70 bits per heavy atom. The van der Waals surface area contributed by atoms with E-state index in [1.54, 1.807) is 49.6 Å². The average molecular weight is 446 g/mol. The third-order valence-electron chi connectivity index (χ3n) is 4.86. The Bertz CT molecular complexity index is 1170. The van der Waals surface area contributed by atoms with Crippen LogP contribution >= 0.6 is 0 Å². The number of aryl methyl sites for hydroxylation is 2. The molecule has 0 bridgehead atoms. The second-order valence-electron chi connectivity index (χ2n) is 7.39. The topological polar surface area (TPSA) is 73.9 Å². The summed E-state index contributed by atoms with van der Waals surface area (Å²) in [7, 11) is 1.56. The first kappa shape index (κ1) is 23.6. The van der Waals surface area contributed by atoms with Gasteiger partial charge in [-0.25, -0.2) is 4.79 Å². The number of hydrogen-bond acceptors (Lipinski definition) is 5. The zero-order valence-corrected chi connectivity index (χ0v) is 19.2. The summed E-state index contributed by atoms with van der Waals surface area (Å²) in [5.41, 5.74) is 4.12. The largest absolute Gasteiger partial charge is 0.493 e. The van der Waals surface area contributed by atoms with Crippen LogP contribution in [-0.2, 0) is 4.79 Å². The van der Waals surface area contributed by atoms with Gasteiger partial charge in [-0.3, -0.25) is 4.79 Å². The number of nitrogens with one attached hydrogen (secondary N) is 1. The number of amides is 1. The molecule has 33 heavy (non-hydrogen) atoms. The number of rotatable bonds is 8. The average Bonchev–Trinajstić information content (AvgIpc) is 2.80. The van der Waals surface area contributed by atoms with Crippen LogP contribution in [0.25, 0.3) is 6.08 Å². The smallest absolute Gasteiger partial charge is 0.336 e. The van der Waals surface area contributed by atoms with Crippen LogP contribution in [0.15, 0.2) is 66.7 Å². The van der Waals surface area contributed by atoms with Gasteiger partial charge in [0.1, 0.15) is 5.75 Å². The fourth-order valence-corrected chi connectivity index (χ4v) is 3.20. The van der Waals surface area contributed by atoms with Crippen molar-refractivity contribution in [2.24, 2.45) is 0 Å². The lowest BCUT2D eigenvalue weighted by molar-refractivity contribution is -0.128. The molecule has 0 heterocycles. The molecular formula is C27H27NO5. The van der Waals surface area contributed by atoms with Crippen LogP contribution in [0.5, 0.6) is 17.2 Å². The lowest BCUT2D eigenvalue weighted by Gasteiger charge is -2.10. The number of anilines is 1. The Morgan fingerprint density at radius 1 is 0.939 bits per heavy atom. The maximum Gasteiger partial charge on any atom is 0.336 e. The normalized spacial score (nSPS) is 10.7. The Kier molecular flexibility index (Phi) is 7.86. The molecule has 0 saturated heterocycles. The van der Waals surface area contributed by atoms with Crippen molar-refractivity contribution < 1.29 is 23.8 Å². The van der Waals surface area contributed by atoms with Gasteiger partial charge in [0, 0.05) is 17.3 Å². The highest BCUT2D eigenvalue weighted by atomic mass is 16.5. The molecule has 0 radical (unpaired) electrons. The molecule has 0 unspecified atom stereocenters. The van der Waals surface area contributed by atoms with E-state index in [1.807, 2.05) is 45.0 Å². The second-order valence-corrected chi connectivity index (χ2v) is 7.39. The molecule has 1 amide bonds. The van der Waals surface area contributed by atoms with Crippen molar-refractivity contribution in [3.8, 4) is 17.2 Å². The number of carbonyl (C=O) groups excluding carboxylic acids is 2. The molecular weight excluding hydrogens is 418 g/mol. The molecule has 0 aromatic heterocycles. The lowest BCUT2D eigenvalue weighted by Crippen LogP contribution is -2.13. The number of benzene rings is 3. The minimum Gasteiger partial charge on any atom is -0.493 e. The third-order valence-corrected chi connectivity index (χ3v) is 4.86. The van der Waals surface area contributed by atoms with E-state index >= 15 is 0 Å². The molecule has 3 aromatic rings. The Labute approximate surface area is 193 Å². The van der Waals surface area contributed by atoms with E-state index in [0.29, 0.717) is 29.4 Å². The van der Waals surface area contributed by atoms with Gasteiger partial charge in [0.15, 0.2) is 11.5 Å². The van der Waals surface area contributed by atoms with Gasteiger partial charge in [-0.05, 0) is 80.4 Å². The summed E-state index contributed by atoms with van der Waals surface area (Å²) in [5, 5.41) is 2.90. The molecule has 3 aromatic carbocycles. The van der Waals surface area contributed by atoms with Gasteiger partial charge < -0.3 is 19.5 Å². The Hall–Kier alpha value is -4.06. The Morgan fingerprint density at radius 3 is 2.36 bits per heavy atom. The molecule has 0 aliphatic rings. The van der Waals surface area contributed by atoms with E-state index in [1.165, 1.54) is 6.08 Å². The number of esters is 1. The molecule has 170 valence electrons. The fourth-order valence-electron chi connectivity index (χ4n) is 3.20. The molecule has 0 saturated carbocycles. The summed E-state index contributed by atoms with van der Waals surface area (Å²) in [6, 6.07) is 17.6. The van der Waals surface area contributed by atoms with Crippen molar-refractivity contribution in [2.75, 3.05) is 19.0 Å². The van der Waals surface area contributed by atoms with E-state index in [4.69, 9.17) is 14.2 Å². The summed E-state index contributed by atoms with van der Waals surface area (Å²) in [6.45, 7) is 6.38. The predicted octanol–water partition coefficient (Wildman–Crippen LogP) is 5.58. The van der Waals surface area contributed by atoms with E-state index in [2.05, 4.69) is 5.32 Å². The minimum absolute atomic E-state index is 0.232. The van der Waals surface area contributed by atoms with Crippen molar-refractivity contribution in [1.29, 1.82) is 0 Å². The van der Waals surface area contributed by atoms with Gasteiger partial charge in [0.05, 0.1) is 13.7 Å². The van der Waals surface area contributed by atoms with Gasteiger partial charge in [0.2, 0.25) is 0 Å². The van der Waals surface area contributed by atoms with Crippen LogP contribution in [0, 0.1) is 13.8 Å². The van der Waals surface area contributed by atoms with Crippen molar-refractivity contribution in [3.63, 3.8) is 0 Å². The van der Waals surface area contributed by atoms with E-state index in [0.717, 1.165) is 22.4 Å². The van der Waals surface area contributed by atoms with Crippen molar-refractivity contribution >= 4 is 23.6 Å². The first-order valence-corrected chi connectivity index (χ1v) is 10.6. The predicted molar refractivity (Wildman–Crippen MR) is 129 cm³/mol. The highest BCUT2D eigenvalue weighted by Gasteiger charge is 2.09. The molecule has 6 nitrogen and oxygen atoms in total. The quantitative estimate of drug-likeness (QED) is 0.278. The summed E-state index contributed by atoms with van der Waals surface area (Å²) in [5.74, 6) is 0.806. The molecule has 0 spiro atoms. The maximum atomic E-state index is 12.5. The van der Waals surface area contributed by atoms with Gasteiger partial charge in [-0.15, -0.1) is 0 Å². The zero-order chi connectivity index (χ0) is 23.8. The second kappa shape index (κ2) is 11.0. The van der Waals surface area contributed by atoms with Crippen LogP contribution in [0.3, 0.4) is 0 Å². The number of hydrogen-bond donors (Lipinski definition) is 1. The molecule has 0 atom stereocenters. The molecule has 0 aliphatic carbocycles. The number of ether oxygens (including phenoxy) is 3. The summed E-state index contributed by atoms with van der Waals surface area (Å²) >= 11 is 0. The molecule has 1 N–H and O–H groups in total. The maximum absolute atomic E-state index is 12.5. The standard InChI is InChI=1S/C27H27NO5/c1-5-32-24-14-7-20(17-25(24)31-4)8-15-26(29)33-22-11-9-21(10-12-22)27(30)28-23-13-6-18(2)16-19(23)3/h6-17H,5H2,1-4H3,(H,28,30)/b15-8+. The molecule has 6 heteroatoms. The van der Waals surface area contributed by atoms with Gasteiger partial charge in [-0.1, -0.05) is 23.8 Å². The first-order chi connectivity index (χ1) is 15.9. The number of methoxy groups -OCH3 is 1. The monoisotopic (exact) mass is 445 g/mol. The molecule has 0 fully saturated rings. The summed E-state index contributed by atoms with van der Waals surface area (Å²) in [6.07, 6.45) is 2.96. The fraction of sp³-hybridized carbons (Fsp3) is 0.185. The lowest BCUT2D eigenvalue weighted by atomic mass is 10.1. The van der Waals surface area contributed by atoms with Gasteiger partial charge in [0.25, 0.3) is 5.91 Å². The van der Waals surface area contributed by atoms with Crippen LogP contribution in [0.2, 0.25) is 0 Å². The van der Waals surface area contributed by atoms with E-state index in [-0.39, 0.29) is 5.91 Å². The van der Waals surface area contributed by atoms with E-state index in [9.17, 15) is 9.59 Å². The van der Waals surface area contributed by atoms with Gasteiger partial charge >= 0.3 is 5.97 Å². The Balaban J connectivity index is 1.60. The summed E-state index contributed by atoms with van der Waals surface area (Å²) < 4.78 is 16.1. The van der Waals surface area contributed by atoms with Crippen molar-refractivity contribution in [2.45, 2.75) is 20.8 Å². The third kappa shape index (κ3) is 6.46. The van der Waals surface area contributed by atoms with Crippen LogP contribution in [0.1, 0.15) is 34.0 Å². The zero-order valence-electron chi connectivity index (χ0n) is 19.2. The number of carbonyl (C=O) groups is 2. The van der Waals surface area contributed by atoms with Crippen molar-refractivity contribution in [3.05, 3.63) is 89.0 Å². The highest BCUT2D eigenvalue weighted by molar-refractivity contribution is 6.04. The minimum atomic E-state index is -0.532. The SMILES string of the molecule is CCOc1ccc(/C=C/C(=O)Oc2ccc(C(=O)Nc3ccc(C)cc3C)cc2)cc1OC. The first-order valence-electron chi connectivity index (χ1n) is 10.6. The highest BCUT2D eigenvalue weighted by Crippen LogP contribution is 2.28. The summed E-state index contributed by atoms with van der Waals surface area (Å²) in [4.78, 5) is 24.7.